The molecule has 1 aliphatic heterocycles. The third-order valence-electron chi connectivity index (χ3n) is 3.17. The van der Waals surface area contributed by atoms with Gasteiger partial charge in [0.15, 0.2) is 11.5 Å². The second kappa shape index (κ2) is 4.80. The number of hydrogen-bond acceptors (Lipinski definition) is 3. The SMILES string of the molecule is COc1cc(C(C)C(=O)O)c(Br)c2c1OC(C)C2. The van der Waals surface area contributed by atoms with Crippen molar-refractivity contribution in [2.45, 2.75) is 32.3 Å². The lowest BCUT2D eigenvalue weighted by Gasteiger charge is -2.15. The van der Waals surface area contributed by atoms with Crippen LogP contribution in [-0.2, 0) is 11.2 Å². The van der Waals surface area contributed by atoms with Gasteiger partial charge in [-0.25, -0.2) is 0 Å². The van der Waals surface area contributed by atoms with E-state index in [-0.39, 0.29) is 6.10 Å². The fourth-order valence-corrected chi connectivity index (χ4v) is 2.93. The van der Waals surface area contributed by atoms with Crippen LogP contribution in [0, 0.1) is 0 Å². The zero-order valence-electron chi connectivity index (χ0n) is 10.5. The van der Waals surface area contributed by atoms with E-state index in [1.165, 1.54) is 0 Å². The van der Waals surface area contributed by atoms with Crippen LogP contribution in [0.2, 0.25) is 0 Å². The molecule has 1 aromatic rings. The highest BCUT2D eigenvalue weighted by Gasteiger charge is 2.30. The van der Waals surface area contributed by atoms with Gasteiger partial charge in [0.05, 0.1) is 13.0 Å². The number of hydrogen-bond donors (Lipinski definition) is 1. The van der Waals surface area contributed by atoms with Gasteiger partial charge in [0.1, 0.15) is 6.10 Å². The minimum absolute atomic E-state index is 0.0839. The van der Waals surface area contributed by atoms with Crippen LogP contribution in [0.1, 0.15) is 30.9 Å². The number of carboxylic acid groups (broad SMARTS) is 1. The summed E-state index contributed by atoms with van der Waals surface area (Å²) >= 11 is 3.49. The number of halogens is 1. The van der Waals surface area contributed by atoms with E-state index in [0.717, 1.165) is 27.8 Å². The molecule has 0 radical (unpaired) electrons. The van der Waals surface area contributed by atoms with E-state index in [1.807, 2.05) is 6.92 Å². The van der Waals surface area contributed by atoms with Crippen molar-refractivity contribution < 1.29 is 19.4 Å². The van der Waals surface area contributed by atoms with Crippen molar-refractivity contribution in [1.29, 1.82) is 0 Å². The highest BCUT2D eigenvalue weighted by molar-refractivity contribution is 9.10. The first-order valence-corrected chi connectivity index (χ1v) is 6.53. The molecule has 2 rings (SSSR count). The van der Waals surface area contributed by atoms with E-state index >= 15 is 0 Å². The standard InChI is InChI=1S/C13H15BrO4/c1-6-4-9-11(14)8(7(2)13(15)16)5-10(17-3)12(9)18-6/h5-7H,4H2,1-3H3,(H,15,16). The highest BCUT2D eigenvalue weighted by Crippen LogP contribution is 2.45. The van der Waals surface area contributed by atoms with Gasteiger partial charge in [-0.15, -0.1) is 0 Å². The van der Waals surface area contributed by atoms with Gasteiger partial charge >= 0.3 is 5.97 Å². The summed E-state index contributed by atoms with van der Waals surface area (Å²) in [6.07, 6.45) is 0.840. The first kappa shape index (κ1) is 13.2. The average molecular weight is 315 g/mol. The van der Waals surface area contributed by atoms with Crippen molar-refractivity contribution in [2.24, 2.45) is 0 Å². The number of carbonyl (C=O) groups is 1. The van der Waals surface area contributed by atoms with Gasteiger partial charge in [-0.1, -0.05) is 15.9 Å². The normalized spacial score (nSPS) is 19.0. The Kier molecular flexibility index (Phi) is 3.52. The molecule has 0 aliphatic carbocycles. The Labute approximate surface area is 114 Å². The van der Waals surface area contributed by atoms with Crippen LogP contribution >= 0.6 is 15.9 Å². The lowest BCUT2D eigenvalue weighted by molar-refractivity contribution is -0.138. The topological polar surface area (TPSA) is 55.8 Å². The maximum Gasteiger partial charge on any atom is 0.310 e. The first-order valence-electron chi connectivity index (χ1n) is 5.74. The summed E-state index contributed by atoms with van der Waals surface area (Å²) in [5.74, 6) is -0.127. The molecule has 1 heterocycles. The van der Waals surface area contributed by atoms with Gasteiger partial charge in [0.25, 0.3) is 0 Å². The van der Waals surface area contributed by atoms with Crippen molar-refractivity contribution in [2.75, 3.05) is 7.11 Å². The Morgan fingerprint density at radius 2 is 2.33 bits per heavy atom. The number of ether oxygens (including phenoxy) is 2. The molecule has 0 fully saturated rings. The molecule has 1 N–H and O–H groups in total. The van der Waals surface area contributed by atoms with Crippen molar-refractivity contribution in [3.05, 3.63) is 21.7 Å². The Morgan fingerprint density at radius 3 is 2.89 bits per heavy atom. The monoisotopic (exact) mass is 314 g/mol. The molecule has 0 saturated carbocycles. The van der Waals surface area contributed by atoms with Gasteiger partial charge in [-0.2, -0.15) is 0 Å². The molecule has 0 saturated heterocycles. The van der Waals surface area contributed by atoms with E-state index < -0.39 is 11.9 Å². The summed E-state index contributed by atoms with van der Waals surface area (Å²) in [6, 6.07) is 1.74. The minimum atomic E-state index is -0.857. The maximum absolute atomic E-state index is 11.1. The Balaban J connectivity index is 2.58. The number of aliphatic carboxylic acids is 1. The largest absolute Gasteiger partial charge is 0.493 e. The summed E-state index contributed by atoms with van der Waals surface area (Å²) in [6.45, 7) is 3.64. The van der Waals surface area contributed by atoms with Gasteiger partial charge in [-0.05, 0) is 25.5 Å². The summed E-state index contributed by atoms with van der Waals surface area (Å²) in [5.41, 5.74) is 1.71. The molecular weight excluding hydrogens is 300 g/mol. The third-order valence-corrected chi connectivity index (χ3v) is 4.11. The number of benzene rings is 1. The van der Waals surface area contributed by atoms with Crippen LogP contribution < -0.4 is 9.47 Å². The van der Waals surface area contributed by atoms with E-state index in [1.54, 1.807) is 20.1 Å². The van der Waals surface area contributed by atoms with E-state index in [2.05, 4.69) is 15.9 Å². The van der Waals surface area contributed by atoms with Crippen LogP contribution in [0.15, 0.2) is 10.5 Å². The van der Waals surface area contributed by atoms with Gasteiger partial charge in [0.2, 0.25) is 0 Å². The second-order valence-corrected chi connectivity index (χ2v) is 5.28. The highest BCUT2D eigenvalue weighted by atomic mass is 79.9. The minimum Gasteiger partial charge on any atom is -0.493 e. The first-order chi connectivity index (χ1) is 8.45. The van der Waals surface area contributed by atoms with Gasteiger partial charge < -0.3 is 14.6 Å². The molecule has 0 bridgehead atoms. The van der Waals surface area contributed by atoms with Crippen LogP contribution in [-0.4, -0.2) is 24.3 Å². The number of fused-ring (bicyclic) bond motifs is 1. The van der Waals surface area contributed by atoms with E-state index in [9.17, 15) is 4.79 Å². The molecule has 1 aliphatic rings. The van der Waals surface area contributed by atoms with Crippen molar-refractivity contribution in [3.63, 3.8) is 0 Å². The average Bonchev–Trinajstić information content (AvgIpc) is 2.71. The fourth-order valence-electron chi connectivity index (χ4n) is 2.13. The number of rotatable bonds is 3. The molecule has 0 amide bonds. The summed E-state index contributed by atoms with van der Waals surface area (Å²) in [7, 11) is 1.56. The maximum atomic E-state index is 11.1. The van der Waals surface area contributed by atoms with Gasteiger partial charge in [-0.3, -0.25) is 4.79 Å². The molecule has 2 atom stereocenters. The molecule has 98 valence electrons. The molecule has 0 aromatic heterocycles. The second-order valence-electron chi connectivity index (χ2n) is 4.48. The Hall–Kier alpha value is -1.23. The van der Waals surface area contributed by atoms with E-state index in [0.29, 0.717) is 5.75 Å². The van der Waals surface area contributed by atoms with Crippen LogP contribution in [0.5, 0.6) is 11.5 Å². The van der Waals surface area contributed by atoms with Crippen molar-refractivity contribution in [3.8, 4) is 11.5 Å². The van der Waals surface area contributed by atoms with E-state index in [4.69, 9.17) is 14.6 Å². The van der Waals surface area contributed by atoms with Crippen molar-refractivity contribution in [1.82, 2.24) is 0 Å². The number of carboxylic acids is 1. The Bertz CT molecular complexity index is 498. The molecule has 2 unspecified atom stereocenters. The molecule has 5 heteroatoms. The van der Waals surface area contributed by atoms with Crippen LogP contribution in [0.25, 0.3) is 0 Å². The summed E-state index contributed by atoms with van der Waals surface area (Å²) in [4.78, 5) is 11.1. The van der Waals surface area contributed by atoms with Crippen molar-refractivity contribution >= 4 is 21.9 Å². The smallest absolute Gasteiger partial charge is 0.310 e. The lowest BCUT2D eigenvalue weighted by Crippen LogP contribution is -2.09. The molecular formula is C13H15BrO4. The number of methoxy groups -OCH3 is 1. The predicted octanol–water partition coefficient (Wildman–Crippen LogP) is 2.97. The zero-order valence-corrected chi connectivity index (χ0v) is 12.1. The van der Waals surface area contributed by atoms with Gasteiger partial charge in [0, 0.05) is 16.5 Å². The Morgan fingerprint density at radius 1 is 1.67 bits per heavy atom. The van der Waals surface area contributed by atoms with Crippen LogP contribution in [0.4, 0.5) is 0 Å². The fraction of sp³-hybridized carbons (Fsp3) is 0.462. The summed E-state index contributed by atoms with van der Waals surface area (Å²) in [5, 5.41) is 9.13. The zero-order chi connectivity index (χ0) is 13.4. The molecule has 18 heavy (non-hydrogen) atoms. The third kappa shape index (κ3) is 2.07. The quantitative estimate of drug-likeness (QED) is 0.932. The molecule has 1 aromatic carbocycles. The molecule has 4 nitrogen and oxygen atoms in total. The predicted molar refractivity (Wildman–Crippen MR) is 70.5 cm³/mol. The summed E-state index contributed by atoms with van der Waals surface area (Å²) < 4.78 is 11.8. The van der Waals surface area contributed by atoms with Crippen LogP contribution in [0.3, 0.4) is 0 Å². The molecule has 0 spiro atoms. The lowest BCUT2D eigenvalue weighted by atomic mass is 9.97.